The maximum absolute atomic E-state index is 12.3. The van der Waals surface area contributed by atoms with Gasteiger partial charge in [0.1, 0.15) is 5.82 Å². The standard InChI is InChI=1S/C15H17N3O3/c1-17-13-9(14(19)18(2)15(17)20)5-10(16-13)7-3-6-4-8(7)12-11(6)21-12/h6-8,11-12H,3-5H2,1-2H3. The van der Waals surface area contributed by atoms with Gasteiger partial charge >= 0.3 is 5.69 Å². The van der Waals surface area contributed by atoms with Gasteiger partial charge in [-0.15, -0.1) is 0 Å². The summed E-state index contributed by atoms with van der Waals surface area (Å²) in [6, 6.07) is 0. The molecule has 0 amide bonds. The summed E-state index contributed by atoms with van der Waals surface area (Å²) in [6.07, 6.45) is 3.92. The quantitative estimate of drug-likeness (QED) is 0.690. The van der Waals surface area contributed by atoms with Crippen LogP contribution in [0.1, 0.15) is 18.4 Å². The Hall–Kier alpha value is -1.69. The second kappa shape index (κ2) is 3.55. The van der Waals surface area contributed by atoms with E-state index in [0.29, 0.717) is 47.8 Å². The van der Waals surface area contributed by atoms with E-state index in [2.05, 4.69) is 4.99 Å². The Labute approximate surface area is 121 Å². The average molecular weight is 287 g/mol. The van der Waals surface area contributed by atoms with Crippen molar-refractivity contribution < 1.29 is 4.74 Å². The van der Waals surface area contributed by atoms with E-state index in [1.807, 2.05) is 0 Å². The number of ether oxygens (including phenoxy) is 1. The van der Waals surface area contributed by atoms with Gasteiger partial charge < -0.3 is 4.74 Å². The zero-order valence-corrected chi connectivity index (χ0v) is 12.1. The molecule has 5 unspecified atom stereocenters. The lowest BCUT2D eigenvalue weighted by molar-refractivity contribution is 0.260. The van der Waals surface area contributed by atoms with Crippen molar-refractivity contribution >= 4 is 11.5 Å². The number of epoxide rings is 1. The van der Waals surface area contributed by atoms with Gasteiger partial charge in [-0.3, -0.25) is 13.9 Å². The van der Waals surface area contributed by atoms with Crippen molar-refractivity contribution in [1.82, 2.24) is 9.13 Å². The largest absolute Gasteiger partial charge is 0.369 e. The average Bonchev–Trinajstić information content (AvgIpc) is 2.87. The Bertz CT molecular complexity index is 819. The van der Waals surface area contributed by atoms with Gasteiger partial charge in [-0.1, -0.05) is 0 Å². The summed E-state index contributed by atoms with van der Waals surface area (Å²) in [6.45, 7) is 0. The van der Waals surface area contributed by atoms with Gasteiger partial charge in [0.2, 0.25) is 0 Å². The minimum atomic E-state index is -0.303. The summed E-state index contributed by atoms with van der Waals surface area (Å²) in [5, 5.41) is 0. The molecular weight excluding hydrogens is 270 g/mol. The third-order valence-corrected chi connectivity index (χ3v) is 5.86. The molecule has 5 atom stereocenters. The molecule has 6 heteroatoms. The molecule has 110 valence electrons. The number of rotatable bonds is 1. The molecule has 5 rings (SSSR count). The van der Waals surface area contributed by atoms with Crippen LogP contribution in [-0.4, -0.2) is 27.1 Å². The molecule has 21 heavy (non-hydrogen) atoms. The van der Waals surface area contributed by atoms with Crippen molar-refractivity contribution in [2.45, 2.75) is 31.5 Å². The second-order valence-corrected chi connectivity index (χ2v) is 6.85. The van der Waals surface area contributed by atoms with Gasteiger partial charge in [0.05, 0.1) is 17.8 Å². The van der Waals surface area contributed by atoms with Crippen molar-refractivity contribution in [2.75, 3.05) is 0 Å². The molecule has 1 aromatic rings. The van der Waals surface area contributed by atoms with Gasteiger partial charge in [0.15, 0.2) is 0 Å². The third-order valence-electron chi connectivity index (χ3n) is 5.86. The summed E-state index contributed by atoms with van der Waals surface area (Å²) < 4.78 is 8.39. The van der Waals surface area contributed by atoms with Crippen molar-refractivity contribution in [3.8, 4) is 0 Å². The van der Waals surface area contributed by atoms with Crippen LogP contribution < -0.4 is 11.2 Å². The molecule has 4 aliphatic rings. The summed E-state index contributed by atoms with van der Waals surface area (Å²) in [7, 11) is 3.22. The first-order valence-corrected chi connectivity index (χ1v) is 7.58. The van der Waals surface area contributed by atoms with E-state index in [4.69, 9.17) is 4.74 Å². The first-order valence-electron chi connectivity index (χ1n) is 7.58. The van der Waals surface area contributed by atoms with Crippen LogP contribution in [0.4, 0.5) is 5.82 Å². The van der Waals surface area contributed by atoms with Crippen molar-refractivity contribution in [1.29, 1.82) is 0 Å². The molecule has 0 N–H and O–H groups in total. The molecule has 3 fully saturated rings. The Morgan fingerprint density at radius 1 is 1.14 bits per heavy atom. The minimum absolute atomic E-state index is 0.199. The lowest BCUT2D eigenvalue weighted by atomic mass is 9.84. The van der Waals surface area contributed by atoms with Crippen molar-refractivity contribution in [3.05, 3.63) is 26.4 Å². The molecule has 1 aromatic heterocycles. The predicted octanol–water partition coefficient (Wildman–Crippen LogP) is 0.136. The normalized spacial score (nSPS) is 38.4. The van der Waals surface area contributed by atoms with E-state index in [0.717, 1.165) is 12.1 Å². The number of hydrogen-bond donors (Lipinski definition) is 0. The number of aromatic nitrogens is 2. The maximum Gasteiger partial charge on any atom is 0.332 e. The molecule has 2 aliphatic carbocycles. The smallest absolute Gasteiger partial charge is 0.332 e. The van der Waals surface area contributed by atoms with Crippen molar-refractivity contribution in [3.63, 3.8) is 0 Å². The second-order valence-electron chi connectivity index (χ2n) is 6.85. The number of aliphatic imine (C=N–C) groups is 1. The highest BCUT2D eigenvalue weighted by molar-refractivity contribution is 5.95. The first-order chi connectivity index (χ1) is 10.1. The fourth-order valence-electron chi connectivity index (χ4n) is 4.76. The van der Waals surface area contributed by atoms with E-state index in [-0.39, 0.29) is 11.2 Å². The molecular formula is C15H17N3O3. The highest BCUT2D eigenvalue weighted by Gasteiger charge is 2.64. The number of fused-ring (bicyclic) bond motifs is 6. The molecule has 3 heterocycles. The Kier molecular flexibility index (Phi) is 2.01. The summed E-state index contributed by atoms with van der Waals surface area (Å²) >= 11 is 0. The molecule has 2 aliphatic heterocycles. The molecule has 0 radical (unpaired) electrons. The zero-order chi connectivity index (χ0) is 14.5. The Balaban J connectivity index is 1.58. The van der Waals surface area contributed by atoms with E-state index in [9.17, 15) is 9.59 Å². The summed E-state index contributed by atoms with van der Waals surface area (Å²) in [5.74, 6) is 2.26. The number of hydrogen-bond acceptors (Lipinski definition) is 4. The van der Waals surface area contributed by atoms with Gasteiger partial charge in [-0.2, -0.15) is 0 Å². The Morgan fingerprint density at radius 2 is 1.95 bits per heavy atom. The van der Waals surface area contributed by atoms with E-state index in [1.165, 1.54) is 22.6 Å². The fraction of sp³-hybridized carbons (Fsp3) is 0.667. The van der Waals surface area contributed by atoms with Gasteiger partial charge in [-0.25, -0.2) is 9.79 Å². The number of nitrogens with zero attached hydrogens (tertiary/aromatic N) is 3. The fourth-order valence-corrected chi connectivity index (χ4v) is 4.76. The van der Waals surface area contributed by atoms with Crippen LogP contribution in [0, 0.1) is 17.8 Å². The third kappa shape index (κ3) is 1.34. The first kappa shape index (κ1) is 11.9. The van der Waals surface area contributed by atoms with Gasteiger partial charge in [-0.05, 0) is 24.7 Å². The molecule has 2 saturated carbocycles. The summed E-state index contributed by atoms with van der Waals surface area (Å²) in [5.41, 5.74) is 1.26. The predicted molar refractivity (Wildman–Crippen MR) is 76.1 cm³/mol. The van der Waals surface area contributed by atoms with E-state index in [1.54, 1.807) is 7.05 Å². The summed E-state index contributed by atoms with van der Waals surface area (Å²) in [4.78, 5) is 29.0. The van der Waals surface area contributed by atoms with Crippen LogP contribution in [0.5, 0.6) is 0 Å². The Morgan fingerprint density at radius 3 is 2.67 bits per heavy atom. The van der Waals surface area contributed by atoms with E-state index < -0.39 is 0 Å². The SMILES string of the molecule is Cn1c2c(c(=O)n(C)c1=O)CC(C1CC3CC1C1OC31)=N2. The van der Waals surface area contributed by atoms with Gasteiger partial charge in [0.25, 0.3) is 5.56 Å². The minimum Gasteiger partial charge on any atom is -0.369 e. The molecule has 0 aromatic carbocycles. The molecule has 1 saturated heterocycles. The molecule has 2 bridgehead atoms. The topological polar surface area (TPSA) is 68.9 Å². The molecule has 6 nitrogen and oxygen atoms in total. The lowest BCUT2D eigenvalue weighted by Gasteiger charge is -2.18. The lowest BCUT2D eigenvalue weighted by Crippen LogP contribution is -2.38. The zero-order valence-electron chi connectivity index (χ0n) is 12.1. The van der Waals surface area contributed by atoms with Crippen LogP contribution >= 0.6 is 0 Å². The van der Waals surface area contributed by atoms with Crippen LogP contribution in [0.25, 0.3) is 0 Å². The van der Waals surface area contributed by atoms with Crippen LogP contribution in [0.15, 0.2) is 14.6 Å². The molecule has 0 spiro atoms. The highest BCUT2D eigenvalue weighted by Crippen LogP contribution is 2.59. The van der Waals surface area contributed by atoms with Crippen LogP contribution in [0.3, 0.4) is 0 Å². The van der Waals surface area contributed by atoms with Gasteiger partial charge in [0, 0.05) is 32.1 Å². The van der Waals surface area contributed by atoms with Crippen LogP contribution in [-0.2, 0) is 25.3 Å². The maximum atomic E-state index is 12.3. The van der Waals surface area contributed by atoms with Crippen LogP contribution in [0.2, 0.25) is 0 Å². The van der Waals surface area contributed by atoms with E-state index >= 15 is 0 Å². The van der Waals surface area contributed by atoms with Crippen molar-refractivity contribution in [2.24, 2.45) is 36.8 Å². The monoisotopic (exact) mass is 287 g/mol. The highest BCUT2D eigenvalue weighted by atomic mass is 16.6.